The number of rotatable bonds is 11. The summed E-state index contributed by atoms with van der Waals surface area (Å²) in [6, 6.07) is 7.81. The predicted molar refractivity (Wildman–Crippen MR) is 139 cm³/mol. The average Bonchev–Trinajstić information content (AvgIpc) is 2.88. The molecule has 3 N–H and O–H groups in total. The van der Waals surface area contributed by atoms with Gasteiger partial charge in [-0.25, -0.2) is 9.97 Å². The van der Waals surface area contributed by atoms with E-state index >= 15 is 0 Å². The lowest BCUT2D eigenvalue weighted by Gasteiger charge is -2.17. The normalized spacial score (nSPS) is 11.6. The Bertz CT molecular complexity index is 1330. The second-order valence-corrected chi connectivity index (χ2v) is 9.86. The van der Waals surface area contributed by atoms with E-state index in [2.05, 4.69) is 46.8 Å². The van der Waals surface area contributed by atoms with Crippen LogP contribution in [0.3, 0.4) is 0 Å². The molecule has 3 aromatic rings. The number of carbonyl (C=O) groups excluding carboxylic acids is 1. The summed E-state index contributed by atoms with van der Waals surface area (Å²) >= 11 is 3.15. The molecule has 0 saturated heterocycles. The molecular formula is C23H24BrF3N6O4P+. The van der Waals surface area contributed by atoms with Gasteiger partial charge in [0.05, 0.1) is 18.5 Å². The number of amides is 1. The molecule has 0 fully saturated rings. The van der Waals surface area contributed by atoms with Crippen LogP contribution in [0.25, 0.3) is 0 Å². The molecule has 1 unspecified atom stereocenters. The third-order valence-electron chi connectivity index (χ3n) is 4.94. The molecule has 2 heterocycles. The van der Waals surface area contributed by atoms with Crippen molar-refractivity contribution in [3.63, 3.8) is 0 Å². The van der Waals surface area contributed by atoms with Gasteiger partial charge in [-0.15, -0.1) is 4.52 Å². The van der Waals surface area contributed by atoms with Gasteiger partial charge < -0.3 is 20.7 Å². The molecule has 0 aliphatic heterocycles. The first-order chi connectivity index (χ1) is 18.0. The standard InChI is InChI=1S/C23H23BrF3N6O4P/c1-4-9-38(35)37-12-13-5-6-15(17(10-13)36-3)31-22-29-11-14(23(25,26)27)20(33-22)30-16-7-8-18(24)32-19(16)21(34)28-2/h5-8,10-11H,4,9,12H2,1-3H3,(H2-,28,29,30,31,33,34)/p+1. The molecule has 0 bridgehead atoms. The van der Waals surface area contributed by atoms with E-state index in [0.717, 1.165) is 6.42 Å². The minimum Gasteiger partial charge on any atom is -0.495 e. The number of nitrogens with one attached hydrogen (secondary N) is 3. The van der Waals surface area contributed by atoms with Crippen molar-refractivity contribution >= 4 is 53.0 Å². The van der Waals surface area contributed by atoms with Crippen LogP contribution in [0, 0.1) is 0 Å². The number of methoxy groups -OCH3 is 1. The largest absolute Gasteiger partial charge is 0.508 e. The molecule has 0 saturated carbocycles. The van der Waals surface area contributed by atoms with Crippen LogP contribution in [0.5, 0.6) is 5.75 Å². The zero-order chi connectivity index (χ0) is 27.9. The van der Waals surface area contributed by atoms with Crippen molar-refractivity contribution in [2.24, 2.45) is 0 Å². The van der Waals surface area contributed by atoms with Gasteiger partial charge in [0.25, 0.3) is 5.91 Å². The van der Waals surface area contributed by atoms with Gasteiger partial charge in [0.1, 0.15) is 28.3 Å². The first kappa shape index (κ1) is 29.2. The molecule has 1 aromatic carbocycles. The van der Waals surface area contributed by atoms with E-state index < -0.39 is 31.5 Å². The maximum Gasteiger partial charge on any atom is 0.508 e. The Morgan fingerprint density at radius 2 is 1.87 bits per heavy atom. The minimum absolute atomic E-state index is 0.00559. The van der Waals surface area contributed by atoms with Crippen LogP contribution >= 0.6 is 24.0 Å². The Kier molecular flexibility index (Phi) is 9.95. The van der Waals surface area contributed by atoms with E-state index in [-0.39, 0.29) is 23.9 Å². The van der Waals surface area contributed by atoms with Gasteiger partial charge >= 0.3 is 14.2 Å². The second-order valence-electron chi connectivity index (χ2n) is 7.68. The smallest absolute Gasteiger partial charge is 0.495 e. The fraction of sp³-hybridized carbons (Fsp3) is 0.304. The summed E-state index contributed by atoms with van der Waals surface area (Å²) in [4.78, 5) is 24.1. The third-order valence-corrected chi connectivity index (χ3v) is 6.62. The van der Waals surface area contributed by atoms with Crippen LogP contribution in [0.2, 0.25) is 0 Å². The van der Waals surface area contributed by atoms with Crippen LogP contribution in [0.4, 0.5) is 36.3 Å². The molecule has 10 nitrogen and oxygen atoms in total. The topological polar surface area (TPSA) is 127 Å². The summed E-state index contributed by atoms with van der Waals surface area (Å²) in [5.74, 6) is -1.02. The quantitative estimate of drug-likeness (QED) is 0.171. The summed E-state index contributed by atoms with van der Waals surface area (Å²) in [5.41, 5.74) is -0.216. The number of nitrogens with zero attached hydrogens (tertiary/aromatic N) is 3. The number of hydrogen-bond acceptors (Lipinski definition) is 9. The number of halogens is 4. The lowest BCUT2D eigenvalue weighted by molar-refractivity contribution is -0.137. The van der Waals surface area contributed by atoms with Crippen molar-refractivity contribution < 1.29 is 31.8 Å². The van der Waals surface area contributed by atoms with Crippen LogP contribution in [0.1, 0.15) is 35.0 Å². The van der Waals surface area contributed by atoms with E-state index in [1.807, 2.05) is 6.92 Å². The Balaban J connectivity index is 1.92. The van der Waals surface area contributed by atoms with Gasteiger partial charge in [-0.2, -0.15) is 18.2 Å². The molecule has 3 rings (SSSR count). The summed E-state index contributed by atoms with van der Waals surface area (Å²) in [6.07, 6.45) is -2.97. The number of hydrogen-bond donors (Lipinski definition) is 3. The van der Waals surface area contributed by atoms with Crippen molar-refractivity contribution in [1.29, 1.82) is 0 Å². The summed E-state index contributed by atoms with van der Waals surface area (Å²) in [7, 11) is 1.02. The number of anilines is 4. The number of alkyl halides is 3. The zero-order valence-electron chi connectivity index (χ0n) is 20.5. The van der Waals surface area contributed by atoms with Gasteiger partial charge in [0.15, 0.2) is 11.9 Å². The highest BCUT2D eigenvalue weighted by atomic mass is 79.9. The van der Waals surface area contributed by atoms with Crippen molar-refractivity contribution in [3.05, 3.63) is 58.0 Å². The molecule has 0 radical (unpaired) electrons. The highest BCUT2D eigenvalue weighted by molar-refractivity contribution is 9.10. The van der Waals surface area contributed by atoms with Crippen LogP contribution in [-0.4, -0.2) is 41.2 Å². The fourth-order valence-electron chi connectivity index (χ4n) is 3.14. The molecular weight excluding hydrogens is 592 g/mol. The Morgan fingerprint density at radius 1 is 1.13 bits per heavy atom. The van der Waals surface area contributed by atoms with E-state index in [1.165, 1.54) is 26.3 Å². The zero-order valence-corrected chi connectivity index (χ0v) is 23.0. The van der Waals surface area contributed by atoms with Gasteiger partial charge in [-0.3, -0.25) is 4.79 Å². The number of ether oxygens (including phenoxy) is 1. The van der Waals surface area contributed by atoms with Crippen molar-refractivity contribution in [2.75, 3.05) is 31.0 Å². The first-order valence-corrected chi connectivity index (χ1v) is 13.3. The third kappa shape index (κ3) is 7.59. The molecule has 0 spiro atoms. The SMILES string of the molecule is CCC[P+](=O)OCc1ccc(Nc2ncc(C(F)(F)F)c(Nc3ccc(Br)nc3C(=O)NC)n2)c(OC)c1. The Labute approximate surface area is 225 Å². The maximum absolute atomic E-state index is 13.7. The van der Waals surface area contributed by atoms with Gasteiger partial charge in [0.2, 0.25) is 5.95 Å². The van der Waals surface area contributed by atoms with Gasteiger partial charge in [0, 0.05) is 13.2 Å². The first-order valence-electron chi connectivity index (χ1n) is 11.2. The highest BCUT2D eigenvalue weighted by Gasteiger charge is 2.36. The van der Waals surface area contributed by atoms with Gasteiger partial charge in [-0.1, -0.05) is 13.0 Å². The van der Waals surface area contributed by atoms with Crippen molar-refractivity contribution in [3.8, 4) is 5.75 Å². The van der Waals surface area contributed by atoms with Crippen molar-refractivity contribution in [2.45, 2.75) is 26.1 Å². The molecule has 15 heteroatoms. The summed E-state index contributed by atoms with van der Waals surface area (Å²) in [5, 5.41) is 7.80. The van der Waals surface area contributed by atoms with Crippen molar-refractivity contribution in [1.82, 2.24) is 20.3 Å². The molecule has 38 heavy (non-hydrogen) atoms. The second kappa shape index (κ2) is 12.9. The number of pyridine rings is 1. The number of benzene rings is 1. The number of carbonyl (C=O) groups is 1. The molecule has 1 amide bonds. The molecule has 1 atom stereocenters. The minimum atomic E-state index is -4.78. The van der Waals surface area contributed by atoms with Crippen LogP contribution < -0.4 is 20.7 Å². The number of aromatic nitrogens is 3. The molecule has 0 aliphatic carbocycles. The highest BCUT2D eigenvalue weighted by Crippen LogP contribution is 2.37. The maximum atomic E-state index is 13.7. The molecule has 2 aromatic heterocycles. The van der Waals surface area contributed by atoms with E-state index in [4.69, 9.17) is 9.26 Å². The van der Waals surface area contributed by atoms with Crippen LogP contribution in [0.15, 0.2) is 41.1 Å². The summed E-state index contributed by atoms with van der Waals surface area (Å²) in [6.45, 7) is 2.01. The summed E-state index contributed by atoms with van der Waals surface area (Å²) < 4.78 is 64.1. The van der Waals surface area contributed by atoms with Gasteiger partial charge in [-0.05, 0) is 56.7 Å². The predicted octanol–water partition coefficient (Wildman–Crippen LogP) is 6.18. The molecule has 0 aliphatic rings. The monoisotopic (exact) mass is 615 g/mol. The van der Waals surface area contributed by atoms with E-state index in [1.54, 1.807) is 18.2 Å². The van der Waals surface area contributed by atoms with E-state index in [9.17, 15) is 22.5 Å². The lowest BCUT2D eigenvalue weighted by atomic mass is 10.2. The van der Waals surface area contributed by atoms with Crippen LogP contribution in [-0.2, 0) is 21.9 Å². The Morgan fingerprint density at radius 3 is 2.53 bits per heavy atom. The van der Waals surface area contributed by atoms with E-state index in [0.29, 0.717) is 34.0 Å². The molecule has 202 valence electrons. The fourth-order valence-corrected chi connectivity index (χ4v) is 4.24. The Hall–Kier alpha value is -3.35. The lowest BCUT2D eigenvalue weighted by Crippen LogP contribution is -2.21. The average molecular weight is 616 g/mol.